The van der Waals surface area contributed by atoms with E-state index >= 15 is 0 Å². The summed E-state index contributed by atoms with van der Waals surface area (Å²) < 4.78 is 20.9. The van der Waals surface area contributed by atoms with Crippen LogP contribution in [-0.4, -0.2) is 75.2 Å². The third-order valence-corrected chi connectivity index (χ3v) is 5.79. The molecule has 0 aliphatic carbocycles. The van der Waals surface area contributed by atoms with Crippen LogP contribution in [-0.2, 0) is 14.3 Å². The summed E-state index contributed by atoms with van der Waals surface area (Å²) in [6, 6.07) is 6.00. The first kappa shape index (κ1) is 24.3. The SMILES string of the molecule is COC(=O)C1OC(c2c(O)cc(O)c3c(=O)cc(-c4ccc(OC)c(O)c4)oc23)C(O)C(O)C1O. The first-order valence-electron chi connectivity index (χ1n) is 10.3. The molecule has 5 unspecified atom stereocenters. The fourth-order valence-corrected chi connectivity index (χ4v) is 4.01. The highest BCUT2D eigenvalue weighted by atomic mass is 16.6. The zero-order valence-electron chi connectivity index (χ0n) is 18.4. The smallest absolute Gasteiger partial charge is 0.337 e. The maximum absolute atomic E-state index is 12.9. The molecule has 0 radical (unpaired) electrons. The minimum absolute atomic E-state index is 0.0953. The summed E-state index contributed by atoms with van der Waals surface area (Å²) in [7, 11) is 2.37. The van der Waals surface area contributed by atoms with Crippen LogP contribution in [0.5, 0.6) is 23.0 Å². The zero-order valence-corrected chi connectivity index (χ0v) is 18.4. The number of phenols is 3. The Kier molecular flexibility index (Phi) is 6.30. The number of hydrogen-bond acceptors (Lipinski definition) is 12. The van der Waals surface area contributed by atoms with Gasteiger partial charge in [0, 0.05) is 17.7 Å². The Hall–Kier alpha value is -3.84. The molecule has 1 aliphatic rings. The molecule has 0 bridgehead atoms. The van der Waals surface area contributed by atoms with Crippen LogP contribution in [0.15, 0.2) is 39.5 Å². The number of aromatic hydroxyl groups is 3. The fourth-order valence-electron chi connectivity index (χ4n) is 4.01. The monoisotopic (exact) mass is 490 g/mol. The van der Waals surface area contributed by atoms with E-state index in [9.17, 15) is 40.2 Å². The standard InChI is InChI=1S/C23H22O12/c1-32-13-4-3-8(5-9(13)24)14-7-12(27)15-10(25)6-11(26)16(20(15)34-14)21-18(29)17(28)19(30)22(35-21)23(31)33-2/h3-7,17-19,21-22,24-26,28-30H,1-2H3. The number of rotatable bonds is 4. The topological polar surface area (TPSA) is 196 Å². The molecular formula is C23H22O12. The van der Waals surface area contributed by atoms with E-state index in [1.807, 2.05) is 0 Å². The van der Waals surface area contributed by atoms with Gasteiger partial charge in [-0.15, -0.1) is 0 Å². The third kappa shape index (κ3) is 4.02. The van der Waals surface area contributed by atoms with Crippen LogP contribution in [0, 0.1) is 0 Å². The normalized spacial score (nSPS) is 24.3. The summed E-state index contributed by atoms with van der Waals surface area (Å²) in [5.41, 5.74) is -1.31. The van der Waals surface area contributed by atoms with Crippen LogP contribution in [0.1, 0.15) is 11.7 Å². The number of hydrogen-bond donors (Lipinski definition) is 6. The minimum atomic E-state index is -1.91. The Labute approximate surface area is 196 Å². The van der Waals surface area contributed by atoms with E-state index < -0.39 is 59.0 Å². The van der Waals surface area contributed by atoms with Crippen molar-refractivity contribution in [1.29, 1.82) is 0 Å². The van der Waals surface area contributed by atoms with Crippen LogP contribution >= 0.6 is 0 Å². The van der Waals surface area contributed by atoms with Crippen molar-refractivity contribution in [3.05, 3.63) is 46.1 Å². The maximum atomic E-state index is 12.9. The largest absolute Gasteiger partial charge is 0.507 e. The number of aliphatic hydroxyl groups excluding tert-OH is 3. The number of aliphatic hydroxyl groups is 3. The van der Waals surface area contributed by atoms with Crippen LogP contribution in [0.25, 0.3) is 22.3 Å². The molecule has 1 aromatic heterocycles. The average Bonchev–Trinajstić information content (AvgIpc) is 2.82. The van der Waals surface area contributed by atoms with Crippen molar-refractivity contribution in [3.8, 4) is 34.3 Å². The lowest BCUT2D eigenvalue weighted by atomic mass is 9.89. The lowest BCUT2D eigenvalue weighted by Gasteiger charge is -2.39. The van der Waals surface area contributed by atoms with Gasteiger partial charge in [0.25, 0.3) is 0 Å². The molecule has 0 amide bonds. The van der Waals surface area contributed by atoms with E-state index in [0.29, 0.717) is 0 Å². The highest BCUT2D eigenvalue weighted by Crippen LogP contribution is 2.44. The van der Waals surface area contributed by atoms with Gasteiger partial charge in [-0.3, -0.25) is 4.79 Å². The van der Waals surface area contributed by atoms with Crippen molar-refractivity contribution in [2.45, 2.75) is 30.5 Å². The third-order valence-electron chi connectivity index (χ3n) is 5.79. The van der Waals surface area contributed by atoms with Gasteiger partial charge in [0.05, 0.1) is 19.8 Å². The van der Waals surface area contributed by atoms with E-state index in [4.69, 9.17) is 13.9 Å². The summed E-state index contributed by atoms with van der Waals surface area (Å²) in [4.78, 5) is 25.0. The van der Waals surface area contributed by atoms with Gasteiger partial charge >= 0.3 is 5.97 Å². The number of ether oxygens (including phenoxy) is 3. The van der Waals surface area contributed by atoms with Gasteiger partial charge in [-0.25, -0.2) is 4.79 Å². The molecule has 186 valence electrons. The Morgan fingerprint density at radius 3 is 2.26 bits per heavy atom. The molecule has 2 aromatic carbocycles. The number of fused-ring (bicyclic) bond motifs is 1. The molecule has 1 saturated heterocycles. The number of esters is 1. The van der Waals surface area contributed by atoms with Gasteiger partial charge in [0.1, 0.15) is 47.1 Å². The molecule has 5 atom stereocenters. The van der Waals surface area contributed by atoms with Crippen LogP contribution in [0.2, 0.25) is 0 Å². The zero-order chi connectivity index (χ0) is 25.6. The molecule has 3 aromatic rings. The van der Waals surface area contributed by atoms with Crippen LogP contribution in [0.4, 0.5) is 0 Å². The van der Waals surface area contributed by atoms with Gasteiger partial charge in [-0.05, 0) is 18.2 Å². The van der Waals surface area contributed by atoms with Gasteiger partial charge in [-0.2, -0.15) is 0 Å². The number of benzene rings is 2. The Bertz CT molecular complexity index is 1350. The minimum Gasteiger partial charge on any atom is -0.507 e. The summed E-state index contributed by atoms with van der Waals surface area (Å²) >= 11 is 0. The van der Waals surface area contributed by atoms with Crippen molar-refractivity contribution in [1.82, 2.24) is 0 Å². The number of carbonyl (C=O) groups is 1. The molecule has 12 nitrogen and oxygen atoms in total. The Morgan fingerprint density at radius 1 is 0.914 bits per heavy atom. The van der Waals surface area contributed by atoms with Crippen molar-refractivity contribution >= 4 is 16.9 Å². The van der Waals surface area contributed by atoms with Gasteiger partial charge in [-0.1, -0.05) is 0 Å². The second-order valence-electron chi connectivity index (χ2n) is 7.87. The van der Waals surface area contributed by atoms with Crippen molar-refractivity contribution in [2.24, 2.45) is 0 Å². The molecule has 2 heterocycles. The first-order valence-corrected chi connectivity index (χ1v) is 10.3. The lowest BCUT2D eigenvalue weighted by Crippen LogP contribution is -2.56. The van der Waals surface area contributed by atoms with E-state index in [1.54, 1.807) is 0 Å². The summed E-state index contributed by atoms with van der Waals surface area (Å²) in [5, 5.41) is 61.8. The maximum Gasteiger partial charge on any atom is 0.337 e. The van der Waals surface area contributed by atoms with Crippen molar-refractivity contribution in [3.63, 3.8) is 0 Å². The second-order valence-corrected chi connectivity index (χ2v) is 7.87. The summed E-state index contributed by atoms with van der Waals surface area (Å²) in [5.74, 6) is -2.59. The molecule has 1 aliphatic heterocycles. The van der Waals surface area contributed by atoms with Crippen LogP contribution in [0.3, 0.4) is 0 Å². The van der Waals surface area contributed by atoms with Gasteiger partial charge in [0.2, 0.25) is 0 Å². The average molecular weight is 490 g/mol. The quantitative estimate of drug-likeness (QED) is 0.274. The van der Waals surface area contributed by atoms with Crippen LogP contribution < -0.4 is 10.2 Å². The van der Waals surface area contributed by atoms with E-state index in [-0.39, 0.29) is 33.8 Å². The molecule has 1 fully saturated rings. The summed E-state index contributed by atoms with van der Waals surface area (Å²) in [6.45, 7) is 0. The van der Waals surface area contributed by atoms with Crippen molar-refractivity contribution in [2.75, 3.05) is 14.2 Å². The molecule has 0 spiro atoms. The molecule has 6 N–H and O–H groups in total. The predicted octanol–water partition coefficient (Wildman–Crippen LogP) is 0.281. The van der Waals surface area contributed by atoms with E-state index in [0.717, 1.165) is 19.2 Å². The van der Waals surface area contributed by atoms with Gasteiger partial charge in [0.15, 0.2) is 28.6 Å². The molecule has 35 heavy (non-hydrogen) atoms. The lowest BCUT2D eigenvalue weighted by molar-refractivity contribution is -0.231. The second kappa shape index (κ2) is 9.07. The highest BCUT2D eigenvalue weighted by molar-refractivity contribution is 5.89. The summed E-state index contributed by atoms with van der Waals surface area (Å²) in [6.07, 6.45) is -9.09. The molecule has 0 saturated carbocycles. The first-order chi connectivity index (χ1) is 16.6. The molecule has 12 heteroatoms. The highest BCUT2D eigenvalue weighted by Gasteiger charge is 2.49. The van der Waals surface area contributed by atoms with E-state index in [1.165, 1.54) is 25.3 Å². The molecule has 4 rings (SSSR count). The molecular weight excluding hydrogens is 468 g/mol. The predicted molar refractivity (Wildman–Crippen MR) is 117 cm³/mol. The number of carbonyl (C=O) groups excluding carboxylic acids is 1. The van der Waals surface area contributed by atoms with Crippen molar-refractivity contribution < 1.29 is 54.1 Å². The fraction of sp³-hybridized carbons (Fsp3) is 0.304. The Balaban J connectivity index is 1.95. The number of phenolic OH excluding ortho intramolecular Hbond substituents is 3. The Morgan fingerprint density at radius 2 is 1.63 bits per heavy atom. The number of methoxy groups -OCH3 is 2. The van der Waals surface area contributed by atoms with Gasteiger partial charge < -0.3 is 49.3 Å². The van der Waals surface area contributed by atoms with E-state index in [2.05, 4.69) is 4.74 Å².